The van der Waals surface area contributed by atoms with E-state index in [0.29, 0.717) is 11.8 Å². The van der Waals surface area contributed by atoms with Gasteiger partial charge in [-0.3, -0.25) is 14.4 Å². The molecular formula is C12H20O9S3. The summed E-state index contributed by atoms with van der Waals surface area (Å²) < 4.78 is 12.8. The molecule has 0 bridgehead atoms. The molecule has 0 amide bonds. The van der Waals surface area contributed by atoms with E-state index in [1.165, 1.54) is 6.92 Å². The molecule has 0 saturated heterocycles. The summed E-state index contributed by atoms with van der Waals surface area (Å²) in [6.07, 6.45) is -0.269. The lowest BCUT2D eigenvalue weighted by Crippen LogP contribution is -2.52. The van der Waals surface area contributed by atoms with Crippen molar-refractivity contribution in [3.8, 4) is 0 Å². The summed E-state index contributed by atoms with van der Waals surface area (Å²) in [7, 11) is 0. The van der Waals surface area contributed by atoms with Gasteiger partial charge in [-0.05, 0) is 0 Å². The average Bonchev–Trinajstić information content (AvgIpc) is 2.58. The van der Waals surface area contributed by atoms with Crippen molar-refractivity contribution >= 4 is 54.9 Å². The number of hydrogen-bond acceptors (Lipinski definition) is 12. The number of aliphatic hydroxyl groups is 3. The number of carbonyl (C=O) groups excluding carboxylic acids is 3. The van der Waals surface area contributed by atoms with Gasteiger partial charge in [0.25, 0.3) is 0 Å². The van der Waals surface area contributed by atoms with Gasteiger partial charge in [0.15, 0.2) is 4.75 Å². The zero-order valence-electron chi connectivity index (χ0n) is 12.8. The molecule has 12 heteroatoms. The summed E-state index contributed by atoms with van der Waals surface area (Å²) in [6.45, 7) is -0.355. The molecule has 24 heavy (non-hydrogen) atoms. The number of hydrogen-bond donors (Lipinski definition) is 5. The average molecular weight is 404 g/mol. The summed E-state index contributed by atoms with van der Waals surface area (Å²) in [5, 5.41) is 27.7. The van der Waals surface area contributed by atoms with Crippen LogP contribution in [0.5, 0.6) is 0 Å². The molecule has 0 atom stereocenters. The number of thiol groups is 2. The number of ether oxygens (including phenoxy) is 3. The van der Waals surface area contributed by atoms with Crippen LogP contribution in [0.15, 0.2) is 0 Å². The van der Waals surface area contributed by atoms with Crippen LogP contribution >= 0.6 is 37.0 Å². The van der Waals surface area contributed by atoms with Crippen LogP contribution in [0.25, 0.3) is 0 Å². The highest BCUT2D eigenvalue weighted by atomic mass is 32.2. The predicted molar refractivity (Wildman–Crippen MR) is 90.6 cm³/mol. The van der Waals surface area contributed by atoms with Gasteiger partial charge in [-0.1, -0.05) is 6.92 Å². The minimum absolute atomic E-state index is 0.269. The highest BCUT2D eigenvalue weighted by molar-refractivity contribution is 8.01. The van der Waals surface area contributed by atoms with Crippen molar-refractivity contribution in [2.24, 2.45) is 0 Å². The first-order valence-electron chi connectivity index (χ1n) is 6.64. The Bertz CT molecular complexity index is 421. The van der Waals surface area contributed by atoms with E-state index in [-0.39, 0.29) is 17.9 Å². The van der Waals surface area contributed by atoms with Gasteiger partial charge in [0, 0.05) is 0 Å². The monoisotopic (exact) mass is 404 g/mol. The van der Waals surface area contributed by atoms with Gasteiger partial charge >= 0.3 is 23.9 Å². The van der Waals surface area contributed by atoms with Crippen molar-refractivity contribution in [1.29, 1.82) is 0 Å². The van der Waals surface area contributed by atoms with Crippen molar-refractivity contribution in [3.63, 3.8) is 0 Å². The lowest BCUT2D eigenvalue weighted by atomic mass is 10.1. The van der Waals surface area contributed by atoms with Crippen molar-refractivity contribution in [3.05, 3.63) is 0 Å². The highest BCUT2D eigenvalue weighted by Gasteiger charge is 2.48. The summed E-state index contributed by atoms with van der Waals surface area (Å²) in [5.41, 5.74) is 0. The van der Waals surface area contributed by atoms with Crippen LogP contribution in [0.4, 0.5) is 0 Å². The first kappa shape index (κ1) is 23.3. The number of rotatable bonds is 11. The molecule has 0 fully saturated rings. The summed E-state index contributed by atoms with van der Waals surface area (Å²) in [5.74, 6) is -6.89. The van der Waals surface area contributed by atoms with Crippen LogP contribution in [0.2, 0.25) is 0 Å². The van der Waals surface area contributed by atoms with E-state index in [0.717, 1.165) is 0 Å². The van der Waals surface area contributed by atoms with E-state index < -0.39 is 47.8 Å². The van der Waals surface area contributed by atoms with Crippen LogP contribution in [0.1, 0.15) is 13.3 Å². The molecule has 0 radical (unpaired) electrons. The first-order chi connectivity index (χ1) is 11.3. The lowest BCUT2D eigenvalue weighted by Gasteiger charge is -2.34. The van der Waals surface area contributed by atoms with Crippen LogP contribution in [0, 0.1) is 0 Å². The third-order valence-corrected chi connectivity index (χ3v) is 4.32. The second kappa shape index (κ2) is 11.1. The molecule has 3 N–H and O–H groups in total. The SMILES string of the molecule is CCC(OC(=O)CS)(OC(=O)CS)OC(=O)C(CO)(CO)SCO. The summed E-state index contributed by atoms with van der Waals surface area (Å²) >= 11 is 7.92. The molecular weight excluding hydrogens is 384 g/mol. The normalized spacial score (nSPS) is 11.8. The Morgan fingerprint density at radius 2 is 1.42 bits per heavy atom. The molecule has 0 saturated carbocycles. The molecule has 0 aromatic heterocycles. The zero-order valence-corrected chi connectivity index (χ0v) is 15.4. The maximum atomic E-state index is 12.3. The number of thioether (sulfide) groups is 1. The van der Waals surface area contributed by atoms with Crippen LogP contribution in [0.3, 0.4) is 0 Å². The standard InChI is InChI=1S/C12H20O9S3/c1-2-12(19-8(16)3-22,20-9(17)4-23)21-10(18)11(5-13,6-14)24-7-15/h13-15,22-23H,2-7H2,1H3. The Hall–Kier alpha value is -0.660. The Balaban J connectivity index is 5.59. The van der Waals surface area contributed by atoms with Crippen LogP contribution in [-0.2, 0) is 28.6 Å². The predicted octanol–water partition coefficient (Wildman–Crippen LogP) is -1.05. The van der Waals surface area contributed by atoms with Gasteiger partial charge < -0.3 is 29.5 Å². The molecule has 0 aromatic carbocycles. The largest absolute Gasteiger partial charge is 0.423 e. The zero-order chi connectivity index (χ0) is 18.8. The minimum atomic E-state index is -2.40. The van der Waals surface area contributed by atoms with Crippen molar-refractivity contribution in [2.45, 2.75) is 24.1 Å². The minimum Gasteiger partial charge on any atom is -0.394 e. The molecule has 0 spiro atoms. The first-order valence-corrected chi connectivity index (χ1v) is 8.89. The fourth-order valence-electron chi connectivity index (χ4n) is 1.38. The van der Waals surface area contributed by atoms with Crippen molar-refractivity contribution in [1.82, 2.24) is 0 Å². The molecule has 0 aliphatic carbocycles. The summed E-state index contributed by atoms with van der Waals surface area (Å²) in [6, 6.07) is 0. The van der Waals surface area contributed by atoms with Gasteiger partial charge in [-0.2, -0.15) is 25.3 Å². The Labute approximate surface area is 153 Å². The second-order valence-electron chi connectivity index (χ2n) is 4.27. The van der Waals surface area contributed by atoms with Crippen molar-refractivity contribution < 1.29 is 43.9 Å². The van der Waals surface area contributed by atoms with E-state index in [9.17, 15) is 24.6 Å². The van der Waals surface area contributed by atoms with E-state index >= 15 is 0 Å². The van der Waals surface area contributed by atoms with Crippen molar-refractivity contribution in [2.75, 3.05) is 30.7 Å². The third kappa shape index (κ3) is 6.33. The van der Waals surface area contributed by atoms with Gasteiger partial charge in [-0.25, -0.2) is 0 Å². The molecule has 9 nitrogen and oxygen atoms in total. The number of aliphatic hydroxyl groups excluding tert-OH is 3. The highest BCUT2D eigenvalue weighted by Crippen LogP contribution is 2.30. The Morgan fingerprint density at radius 3 is 1.71 bits per heavy atom. The van der Waals surface area contributed by atoms with Gasteiger partial charge in [-0.15, -0.1) is 11.8 Å². The fourth-order valence-corrected chi connectivity index (χ4v) is 2.10. The summed E-state index contributed by atoms with van der Waals surface area (Å²) in [4.78, 5) is 35.4. The number of esters is 3. The van der Waals surface area contributed by atoms with Gasteiger partial charge in [0.1, 0.15) is 0 Å². The Morgan fingerprint density at radius 1 is 0.958 bits per heavy atom. The fraction of sp³-hybridized carbons (Fsp3) is 0.750. The molecule has 0 unspecified atom stereocenters. The smallest absolute Gasteiger partial charge is 0.394 e. The molecule has 140 valence electrons. The van der Waals surface area contributed by atoms with E-state index in [1.54, 1.807) is 0 Å². The van der Waals surface area contributed by atoms with E-state index in [1.807, 2.05) is 0 Å². The maximum absolute atomic E-state index is 12.3. The molecule has 0 aliphatic heterocycles. The van der Waals surface area contributed by atoms with Gasteiger partial charge in [0.05, 0.1) is 37.1 Å². The van der Waals surface area contributed by atoms with E-state index in [2.05, 4.69) is 25.3 Å². The maximum Gasteiger partial charge on any atom is 0.423 e. The third-order valence-electron chi connectivity index (χ3n) is 2.70. The molecule has 0 aromatic rings. The lowest BCUT2D eigenvalue weighted by molar-refractivity contribution is -0.330. The molecule has 0 aliphatic rings. The van der Waals surface area contributed by atoms with Crippen LogP contribution in [-0.4, -0.2) is 74.6 Å². The quantitative estimate of drug-likeness (QED) is 0.165. The van der Waals surface area contributed by atoms with E-state index in [4.69, 9.17) is 19.3 Å². The Kier molecular flexibility index (Phi) is 10.7. The van der Waals surface area contributed by atoms with Crippen LogP contribution < -0.4 is 0 Å². The molecule has 0 rings (SSSR count). The van der Waals surface area contributed by atoms with Gasteiger partial charge in [0.2, 0.25) is 0 Å². The topological polar surface area (TPSA) is 140 Å². The second-order valence-corrected chi connectivity index (χ2v) is 6.24. The molecule has 0 heterocycles. The number of carbonyl (C=O) groups is 3.